The van der Waals surface area contributed by atoms with E-state index in [2.05, 4.69) is 13.0 Å². The average Bonchev–Trinajstić information content (AvgIpc) is 3.32. The van der Waals surface area contributed by atoms with Gasteiger partial charge in [-0.3, -0.25) is 19.2 Å². The first kappa shape index (κ1) is 57.3. The van der Waals surface area contributed by atoms with Crippen LogP contribution in [-0.4, -0.2) is 128 Å². The number of carbonyl (C=O) groups is 5. The Morgan fingerprint density at radius 3 is 2.25 bits per heavy atom. The minimum atomic E-state index is -1.92. The highest BCUT2D eigenvalue weighted by molar-refractivity contribution is 6.39. The number of hydrogen-bond acceptors (Lipinski definition) is 12. The molecular formula is C55H87NO12. The number of ketones is 3. The maximum Gasteiger partial charge on any atom is 0.329 e. The highest BCUT2D eigenvalue weighted by Crippen LogP contribution is 2.42. The van der Waals surface area contributed by atoms with E-state index in [4.69, 9.17) is 23.7 Å². The standard InChI is InChI=1S/C55H87NO12/c1-34-17-13-12-14-18-35(2)47(64-9)31-43-21-20-40(7)55(63,33-43)52(60)53(61)56-24-16-15-19-44(56)54(62)68-48(38(5)29-42-22-23-46(67-26-25-57)49(30-42)65-10)32-45(58)37(4)28-36(3)41(8)51(66-11)50(59)39(6)27-34/h12-14,17-18,28,34,37-44,46-49,51,57,63H,15-16,19-27,29-33H2,1-11H3/b14-12?,17-13+,35-18?,36-28+/t34-,37-,38-,39-,40-,41-,42+,43+,44+,46-,47+,48?,49-,51-,55+/m1/s1. The molecule has 0 radical (unpaired) electrons. The quantitative estimate of drug-likeness (QED) is 0.129. The van der Waals surface area contributed by atoms with Gasteiger partial charge in [0.15, 0.2) is 5.78 Å². The first-order valence-corrected chi connectivity index (χ1v) is 25.6. The molecule has 0 spiro atoms. The Bertz CT molecular complexity index is 1800. The van der Waals surface area contributed by atoms with Crippen molar-refractivity contribution in [2.75, 3.05) is 41.1 Å². The van der Waals surface area contributed by atoms with Crippen LogP contribution in [0.1, 0.15) is 139 Å². The third kappa shape index (κ3) is 15.3. The third-order valence-corrected chi connectivity index (χ3v) is 15.9. The Morgan fingerprint density at radius 2 is 1.57 bits per heavy atom. The van der Waals surface area contributed by atoms with E-state index in [0.29, 0.717) is 44.9 Å². The van der Waals surface area contributed by atoms with E-state index in [-0.39, 0.29) is 104 Å². The maximum absolute atomic E-state index is 14.5. The second-order valence-corrected chi connectivity index (χ2v) is 21.1. The number of aliphatic hydroxyl groups is 2. The number of esters is 1. The van der Waals surface area contributed by atoms with Crippen LogP contribution in [-0.2, 0) is 47.7 Å². The molecule has 68 heavy (non-hydrogen) atoms. The molecule has 3 fully saturated rings. The molecule has 2 N–H and O–H groups in total. The van der Waals surface area contributed by atoms with Gasteiger partial charge in [-0.2, -0.15) is 0 Å². The number of rotatable bonds is 9. The highest BCUT2D eigenvalue weighted by Gasteiger charge is 2.51. The summed E-state index contributed by atoms with van der Waals surface area (Å²) in [5.74, 6) is -4.28. The maximum atomic E-state index is 14.5. The molecule has 2 aliphatic heterocycles. The molecule has 384 valence electrons. The summed E-state index contributed by atoms with van der Waals surface area (Å²) in [7, 11) is 4.85. The van der Waals surface area contributed by atoms with E-state index in [1.54, 1.807) is 21.3 Å². The molecule has 13 heteroatoms. The number of carbonyl (C=O) groups excluding carboxylic acids is 5. The Balaban J connectivity index is 1.70. The molecular weight excluding hydrogens is 867 g/mol. The Morgan fingerprint density at radius 1 is 0.838 bits per heavy atom. The number of allylic oxidation sites excluding steroid dienone is 6. The molecule has 2 saturated carbocycles. The molecule has 1 saturated heterocycles. The smallest absolute Gasteiger partial charge is 0.329 e. The second-order valence-electron chi connectivity index (χ2n) is 21.1. The molecule has 13 nitrogen and oxygen atoms in total. The van der Waals surface area contributed by atoms with Crippen molar-refractivity contribution in [3.8, 4) is 0 Å². The lowest BCUT2D eigenvalue weighted by Gasteiger charge is -2.43. The van der Waals surface area contributed by atoms with Crippen LogP contribution in [0.15, 0.2) is 47.6 Å². The van der Waals surface area contributed by atoms with E-state index in [1.165, 1.54) is 4.90 Å². The minimum absolute atomic E-state index is 0.00366. The SMILES string of the molecule is CO[C@H]1C[C@@H]2CC[C@@H](C)[C@@](O)(C2)C(=O)C(=O)N2CCCC[C@H]2C(=O)OC([C@H](C)C[C@@H]2CC[C@@H](OCCO)[C@H](OC)C2)CC(=O)[C@H](C)/C=C(\C)[C@@H](C)[C@@H](OC)C(=O)[C@H](C)C[C@H](C)/C=C/C=CC=C1C. The van der Waals surface area contributed by atoms with Gasteiger partial charge in [-0.15, -0.1) is 0 Å². The van der Waals surface area contributed by atoms with Crippen LogP contribution in [0.3, 0.4) is 0 Å². The zero-order valence-electron chi connectivity index (χ0n) is 43.3. The zero-order valence-corrected chi connectivity index (χ0v) is 43.3. The van der Waals surface area contributed by atoms with E-state index in [0.717, 1.165) is 30.4 Å². The number of fused-ring (bicyclic) bond motifs is 3. The number of piperidine rings is 1. The number of nitrogens with zero attached hydrogens (tertiary/aromatic N) is 1. The zero-order chi connectivity index (χ0) is 50.3. The van der Waals surface area contributed by atoms with Gasteiger partial charge in [0, 0.05) is 52.0 Å². The fourth-order valence-electron chi connectivity index (χ4n) is 11.3. The number of ether oxygens (including phenoxy) is 5. The van der Waals surface area contributed by atoms with E-state index >= 15 is 0 Å². The number of Topliss-reactive ketones (excluding diaryl/α,β-unsaturated/α-hetero) is 3. The molecule has 4 aliphatic rings. The summed E-state index contributed by atoms with van der Waals surface area (Å²) in [6.07, 6.45) is 16.6. The van der Waals surface area contributed by atoms with Gasteiger partial charge in [-0.25, -0.2) is 4.79 Å². The summed E-state index contributed by atoms with van der Waals surface area (Å²) < 4.78 is 29.9. The predicted molar refractivity (Wildman–Crippen MR) is 262 cm³/mol. The van der Waals surface area contributed by atoms with Crippen LogP contribution in [0.25, 0.3) is 0 Å². The van der Waals surface area contributed by atoms with Gasteiger partial charge in [0.2, 0.25) is 0 Å². The van der Waals surface area contributed by atoms with Gasteiger partial charge in [0.1, 0.15) is 29.6 Å². The van der Waals surface area contributed by atoms with Crippen LogP contribution in [0.4, 0.5) is 0 Å². The van der Waals surface area contributed by atoms with Crippen LogP contribution in [0.2, 0.25) is 0 Å². The molecule has 2 heterocycles. The number of aliphatic hydroxyl groups excluding tert-OH is 1. The number of methoxy groups -OCH3 is 3. The van der Waals surface area contributed by atoms with Gasteiger partial charge < -0.3 is 38.8 Å². The molecule has 1 unspecified atom stereocenters. The van der Waals surface area contributed by atoms with Crippen molar-refractivity contribution in [1.82, 2.24) is 4.90 Å². The first-order valence-electron chi connectivity index (χ1n) is 25.6. The predicted octanol–water partition coefficient (Wildman–Crippen LogP) is 8.14. The molecule has 0 aromatic heterocycles. The summed E-state index contributed by atoms with van der Waals surface area (Å²) in [4.78, 5) is 72.8. The highest BCUT2D eigenvalue weighted by atomic mass is 16.5. The van der Waals surface area contributed by atoms with Gasteiger partial charge in [-0.05, 0) is 126 Å². The van der Waals surface area contributed by atoms with Gasteiger partial charge in [0.25, 0.3) is 11.7 Å². The molecule has 2 aliphatic carbocycles. The first-order chi connectivity index (χ1) is 32.3. The van der Waals surface area contributed by atoms with E-state index in [1.807, 2.05) is 78.8 Å². The summed E-state index contributed by atoms with van der Waals surface area (Å²) in [5.41, 5.74) is -0.0927. The van der Waals surface area contributed by atoms with Crippen molar-refractivity contribution in [1.29, 1.82) is 0 Å². The van der Waals surface area contributed by atoms with Crippen molar-refractivity contribution >= 4 is 29.2 Å². The normalized spacial score (nSPS) is 37.9. The average molecular weight is 954 g/mol. The van der Waals surface area contributed by atoms with Crippen LogP contribution >= 0.6 is 0 Å². The largest absolute Gasteiger partial charge is 0.460 e. The fourth-order valence-corrected chi connectivity index (χ4v) is 11.3. The third-order valence-electron chi connectivity index (χ3n) is 15.9. The van der Waals surface area contributed by atoms with E-state index in [9.17, 15) is 34.2 Å². The molecule has 2 bridgehead atoms. The van der Waals surface area contributed by atoms with Crippen molar-refractivity contribution in [3.05, 3.63) is 47.6 Å². The van der Waals surface area contributed by atoms with Crippen LogP contribution in [0.5, 0.6) is 0 Å². The van der Waals surface area contributed by atoms with Crippen molar-refractivity contribution < 1.29 is 57.9 Å². The Labute approximate surface area is 407 Å². The van der Waals surface area contributed by atoms with Crippen LogP contribution < -0.4 is 0 Å². The summed E-state index contributed by atoms with van der Waals surface area (Å²) >= 11 is 0. The lowest BCUT2D eigenvalue weighted by atomic mass is 9.67. The monoisotopic (exact) mass is 954 g/mol. The van der Waals surface area contributed by atoms with Gasteiger partial charge in [-0.1, -0.05) is 83.6 Å². The van der Waals surface area contributed by atoms with Crippen LogP contribution in [0, 0.1) is 47.3 Å². The van der Waals surface area contributed by atoms with E-state index < -0.39 is 53.3 Å². The summed E-state index contributed by atoms with van der Waals surface area (Å²) in [5, 5.41) is 21.6. The molecule has 0 aromatic rings. The van der Waals surface area contributed by atoms with Gasteiger partial charge in [0.05, 0.1) is 31.5 Å². The van der Waals surface area contributed by atoms with Crippen molar-refractivity contribution in [2.24, 2.45) is 47.3 Å². The number of amides is 1. The van der Waals surface area contributed by atoms with Crippen molar-refractivity contribution in [3.63, 3.8) is 0 Å². The fraction of sp³-hybridized carbons (Fsp3) is 0.764. The lowest BCUT2D eigenvalue weighted by molar-refractivity contribution is -0.171. The molecule has 0 aromatic carbocycles. The second kappa shape index (κ2) is 27.3. The molecule has 15 atom stereocenters. The molecule has 1 amide bonds. The summed E-state index contributed by atoms with van der Waals surface area (Å²) in [6, 6.07) is -1.06. The lowest BCUT2D eigenvalue weighted by Crippen LogP contribution is -2.59. The minimum Gasteiger partial charge on any atom is -0.460 e. The molecule has 4 rings (SSSR count). The van der Waals surface area contributed by atoms with Gasteiger partial charge >= 0.3 is 5.97 Å². The Kier molecular flexibility index (Phi) is 23.0. The Hall–Kier alpha value is -3.33. The van der Waals surface area contributed by atoms with Crippen molar-refractivity contribution in [2.45, 2.75) is 181 Å². The number of hydrogen-bond donors (Lipinski definition) is 2. The number of cyclic esters (lactones) is 1. The summed E-state index contributed by atoms with van der Waals surface area (Å²) in [6.45, 7) is 15.8. The topological polar surface area (TPSA) is 175 Å².